The molecule has 0 radical (unpaired) electrons. The van der Waals surface area contributed by atoms with Crippen LogP contribution in [0.15, 0.2) is 30.6 Å². The summed E-state index contributed by atoms with van der Waals surface area (Å²) in [6, 6.07) is 6.55. The minimum atomic E-state index is 0.325. The average Bonchev–Trinajstić information content (AvgIpc) is 3.16. The monoisotopic (exact) mass is 242 g/mol. The molecule has 0 aromatic carbocycles. The first kappa shape index (κ1) is 11.4. The van der Waals surface area contributed by atoms with E-state index >= 15 is 0 Å². The van der Waals surface area contributed by atoms with E-state index in [9.17, 15) is 0 Å². The van der Waals surface area contributed by atoms with Gasteiger partial charge in [0.15, 0.2) is 5.82 Å². The van der Waals surface area contributed by atoms with Gasteiger partial charge in [-0.25, -0.2) is 9.67 Å². The van der Waals surface area contributed by atoms with Crippen LogP contribution in [0.3, 0.4) is 0 Å². The maximum Gasteiger partial charge on any atom is 0.153 e. The van der Waals surface area contributed by atoms with E-state index < -0.39 is 0 Å². The molecule has 18 heavy (non-hydrogen) atoms. The van der Waals surface area contributed by atoms with Crippen molar-refractivity contribution in [1.82, 2.24) is 20.1 Å². The molecule has 0 saturated heterocycles. The number of pyridine rings is 1. The van der Waals surface area contributed by atoms with Crippen LogP contribution in [0.2, 0.25) is 0 Å². The zero-order valence-corrected chi connectivity index (χ0v) is 10.8. The van der Waals surface area contributed by atoms with Crippen LogP contribution in [0, 0.1) is 0 Å². The highest BCUT2D eigenvalue weighted by atomic mass is 15.3. The van der Waals surface area contributed by atoms with E-state index in [2.05, 4.69) is 34.5 Å². The van der Waals surface area contributed by atoms with Crippen molar-refractivity contribution in [2.75, 3.05) is 7.05 Å². The molecular weight excluding hydrogens is 224 g/mol. The quantitative estimate of drug-likeness (QED) is 0.895. The van der Waals surface area contributed by atoms with Gasteiger partial charge in [-0.1, -0.05) is 6.07 Å². The van der Waals surface area contributed by atoms with Gasteiger partial charge in [-0.3, -0.25) is 0 Å². The zero-order valence-electron chi connectivity index (χ0n) is 10.8. The second-order valence-corrected chi connectivity index (χ2v) is 4.92. The van der Waals surface area contributed by atoms with Gasteiger partial charge in [-0.2, -0.15) is 5.10 Å². The fourth-order valence-corrected chi connectivity index (χ4v) is 2.02. The molecule has 3 rings (SSSR count). The van der Waals surface area contributed by atoms with Crippen LogP contribution in [0.5, 0.6) is 0 Å². The zero-order chi connectivity index (χ0) is 12.5. The van der Waals surface area contributed by atoms with E-state index in [0.717, 1.165) is 5.82 Å². The van der Waals surface area contributed by atoms with Crippen molar-refractivity contribution in [3.05, 3.63) is 41.9 Å². The molecule has 0 aliphatic heterocycles. The number of aromatic nitrogens is 3. The predicted octanol–water partition coefficient (Wildman–Crippen LogP) is 2.43. The minimum absolute atomic E-state index is 0.325. The highest BCUT2D eigenvalue weighted by molar-refractivity contribution is 5.27. The summed E-state index contributed by atoms with van der Waals surface area (Å²) in [6.45, 7) is 2.12. The first-order valence-corrected chi connectivity index (χ1v) is 6.47. The normalized spacial score (nSPS) is 16.8. The molecule has 2 aromatic heterocycles. The highest BCUT2D eigenvalue weighted by Crippen LogP contribution is 2.38. The standard InChI is InChI=1S/C14H18N4/c1-10(15-2)12-5-6-14(16-9-12)18-8-7-13(17-18)11-3-4-11/h5-11,15H,3-4H2,1-2H3. The van der Waals surface area contributed by atoms with Crippen LogP contribution in [-0.2, 0) is 0 Å². The van der Waals surface area contributed by atoms with E-state index in [1.807, 2.05) is 30.2 Å². The third-order valence-corrected chi connectivity index (χ3v) is 3.54. The van der Waals surface area contributed by atoms with Crippen molar-refractivity contribution in [3.8, 4) is 5.82 Å². The molecule has 2 aromatic rings. The summed E-state index contributed by atoms with van der Waals surface area (Å²) in [5.74, 6) is 1.57. The number of nitrogens with zero attached hydrogens (tertiary/aromatic N) is 3. The lowest BCUT2D eigenvalue weighted by molar-refractivity contribution is 0.648. The SMILES string of the molecule is CNC(C)c1ccc(-n2ccc(C3CC3)n2)nc1. The molecule has 94 valence electrons. The molecule has 4 nitrogen and oxygen atoms in total. The lowest BCUT2D eigenvalue weighted by atomic mass is 10.1. The third kappa shape index (κ3) is 2.16. The van der Waals surface area contributed by atoms with Crippen LogP contribution in [0.4, 0.5) is 0 Å². The second-order valence-electron chi connectivity index (χ2n) is 4.92. The Morgan fingerprint density at radius 1 is 1.33 bits per heavy atom. The molecule has 2 heterocycles. The number of rotatable bonds is 4. The maximum atomic E-state index is 4.58. The Bertz CT molecular complexity index is 525. The molecule has 1 unspecified atom stereocenters. The summed E-state index contributed by atoms with van der Waals surface area (Å²) in [4.78, 5) is 4.47. The lowest BCUT2D eigenvalue weighted by Crippen LogP contribution is -2.12. The number of hydrogen-bond acceptors (Lipinski definition) is 3. The lowest BCUT2D eigenvalue weighted by Gasteiger charge is -2.10. The summed E-state index contributed by atoms with van der Waals surface area (Å²) >= 11 is 0. The second kappa shape index (κ2) is 4.53. The Morgan fingerprint density at radius 3 is 2.78 bits per heavy atom. The Labute approximate surface area is 107 Å². The third-order valence-electron chi connectivity index (χ3n) is 3.54. The van der Waals surface area contributed by atoms with Crippen LogP contribution in [0.25, 0.3) is 5.82 Å². The topological polar surface area (TPSA) is 42.7 Å². The summed E-state index contributed by atoms with van der Waals surface area (Å²) in [7, 11) is 1.95. The smallest absolute Gasteiger partial charge is 0.153 e. The van der Waals surface area contributed by atoms with Crippen molar-refractivity contribution in [3.63, 3.8) is 0 Å². The minimum Gasteiger partial charge on any atom is -0.313 e. The molecule has 1 saturated carbocycles. The van der Waals surface area contributed by atoms with Gasteiger partial charge in [-0.15, -0.1) is 0 Å². The van der Waals surface area contributed by atoms with Crippen molar-refractivity contribution < 1.29 is 0 Å². The van der Waals surface area contributed by atoms with Crippen LogP contribution < -0.4 is 5.32 Å². The van der Waals surface area contributed by atoms with Gasteiger partial charge >= 0.3 is 0 Å². The summed E-state index contributed by atoms with van der Waals surface area (Å²) in [6.07, 6.45) is 6.47. The van der Waals surface area contributed by atoms with Crippen molar-refractivity contribution in [2.24, 2.45) is 0 Å². The number of nitrogens with one attached hydrogen (secondary N) is 1. The van der Waals surface area contributed by atoms with E-state index in [0.29, 0.717) is 12.0 Å². The molecule has 1 N–H and O–H groups in total. The Balaban J connectivity index is 1.82. The Hall–Kier alpha value is -1.68. The van der Waals surface area contributed by atoms with Gasteiger partial charge < -0.3 is 5.32 Å². The predicted molar refractivity (Wildman–Crippen MR) is 70.8 cm³/mol. The van der Waals surface area contributed by atoms with Crippen molar-refractivity contribution in [1.29, 1.82) is 0 Å². The van der Waals surface area contributed by atoms with E-state index in [-0.39, 0.29) is 0 Å². The highest BCUT2D eigenvalue weighted by Gasteiger charge is 2.25. The molecule has 1 atom stereocenters. The fourth-order valence-electron chi connectivity index (χ4n) is 2.02. The Morgan fingerprint density at radius 2 is 2.17 bits per heavy atom. The van der Waals surface area contributed by atoms with Gasteiger partial charge in [0.25, 0.3) is 0 Å². The molecule has 4 heteroatoms. The van der Waals surface area contributed by atoms with Crippen LogP contribution in [0.1, 0.15) is 43.0 Å². The summed E-state index contributed by atoms with van der Waals surface area (Å²) < 4.78 is 1.86. The largest absolute Gasteiger partial charge is 0.313 e. The summed E-state index contributed by atoms with van der Waals surface area (Å²) in [5, 5.41) is 7.78. The van der Waals surface area contributed by atoms with Gasteiger partial charge in [0, 0.05) is 24.4 Å². The Kier molecular flexibility index (Phi) is 2.88. The molecule has 1 fully saturated rings. The fraction of sp³-hybridized carbons (Fsp3) is 0.429. The average molecular weight is 242 g/mol. The van der Waals surface area contributed by atoms with Crippen molar-refractivity contribution in [2.45, 2.75) is 31.7 Å². The van der Waals surface area contributed by atoms with Crippen LogP contribution in [-0.4, -0.2) is 21.8 Å². The van der Waals surface area contributed by atoms with E-state index in [1.165, 1.54) is 24.1 Å². The molecule has 1 aliphatic rings. The molecule has 0 spiro atoms. The van der Waals surface area contributed by atoms with E-state index in [4.69, 9.17) is 0 Å². The summed E-state index contributed by atoms with van der Waals surface area (Å²) in [5.41, 5.74) is 2.39. The molecular formula is C14H18N4. The van der Waals surface area contributed by atoms with Crippen molar-refractivity contribution >= 4 is 0 Å². The van der Waals surface area contributed by atoms with Gasteiger partial charge in [0.2, 0.25) is 0 Å². The molecule has 0 amide bonds. The van der Waals surface area contributed by atoms with Gasteiger partial charge in [0.1, 0.15) is 0 Å². The first-order chi connectivity index (χ1) is 8.78. The molecule has 1 aliphatic carbocycles. The van der Waals surface area contributed by atoms with Crippen LogP contribution >= 0.6 is 0 Å². The van der Waals surface area contributed by atoms with Gasteiger partial charge in [-0.05, 0) is 44.5 Å². The first-order valence-electron chi connectivity index (χ1n) is 6.47. The van der Waals surface area contributed by atoms with E-state index in [1.54, 1.807) is 0 Å². The number of hydrogen-bond donors (Lipinski definition) is 1. The molecule has 0 bridgehead atoms. The maximum absolute atomic E-state index is 4.58. The van der Waals surface area contributed by atoms with Gasteiger partial charge in [0.05, 0.1) is 5.69 Å².